The van der Waals surface area contributed by atoms with E-state index in [1.54, 1.807) is 0 Å². The lowest BCUT2D eigenvalue weighted by atomic mass is 9.80. The van der Waals surface area contributed by atoms with Crippen molar-refractivity contribution in [2.24, 2.45) is 23.7 Å². The van der Waals surface area contributed by atoms with Crippen LogP contribution in [0.25, 0.3) is 0 Å². The van der Waals surface area contributed by atoms with Gasteiger partial charge in [0.1, 0.15) is 0 Å². The van der Waals surface area contributed by atoms with Gasteiger partial charge in [0.15, 0.2) is 0 Å². The minimum atomic E-state index is 0. The molecule has 3 aliphatic rings. The molecule has 0 saturated heterocycles. The van der Waals surface area contributed by atoms with Crippen LogP contribution >= 0.6 is 0 Å². The van der Waals surface area contributed by atoms with Crippen molar-refractivity contribution in [1.29, 1.82) is 0 Å². The molecule has 19 heavy (non-hydrogen) atoms. The normalized spacial score (nSPS) is 37.4. The summed E-state index contributed by atoms with van der Waals surface area (Å²) < 4.78 is 5.99. The Labute approximate surface area is 122 Å². The van der Waals surface area contributed by atoms with Crippen molar-refractivity contribution >= 4 is 0 Å². The van der Waals surface area contributed by atoms with Gasteiger partial charge in [0, 0.05) is 6.61 Å². The van der Waals surface area contributed by atoms with Gasteiger partial charge in [-0.3, -0.25) is 0 Å². The number of ether oxygens (including phenoxy) is 1. The number of rotatable bonds is 3. The van der Waals surface area contributed by atoms with Crippen molar-refractivity contribution in [1.82, 2.24) is 0 Å². The third kappa shape index (κ3) is 3.97. The minimum absolute atomic E-state index is 0. The summed E-state index contributed by atoms with van der Waals surface area (Å²) >= 11 is 0. The van der Waals surface area contributed by atoms with Crippen molar-refractivity contribution in [3.63, 3.8) is 0 Å². The van der Waals surface area contributed by atoms with Crippen molar-refractivity contribution in [2.75, 3.05) is 6.61 Å². The maximum atomic E-state index is 5.99. The van der Waals surface area contributed by atoms with E-state index >= 15 is 0 Å². The SMILES string of the molecule is C.CC.CC.CCCOC1CC2CC1C1CCCC21. The zero-order valence-electron chi connectivity index (χ0n) is 13.2. The molecule has 5 unspecified atom stereocenters. The highest BCUT2D eigenvalue weighted by atomic mass is 16.5. The van der Waals surface area contributed by atoms with Gasteiger partial charge >= 0.3 is 0 Å². The van der Waals surface area contributed by atoms with Crippen LogP contribution < -0.4 is 0 Å². The van der Waals surface area contributed by atoms with E-state index in [-0.39, 0.29) is 7.43 Å². The lowest BCUT2D eigenvalue weighted by Crippen LogP contribution is -2.30. The average Bonchev–Trinajstić information content (AvgIpc) is 3.13. The van der Waals surface area contributed by atoms with E-state index in [1.807, 2.05) is 27.7 Å². The molecular formula is C18H38O. The van der Waals surface area contributed by atoms with Crippen molar-refractivity contribution in [3.05, 3.63) is 0 Å². The molecule has 3 aliphatic carbocycles. The second-order valence-electron chi connectivity index (χ2n) is 5.56. The zero-order valence-corrected chi connectivity index (χ0v) is 13.2. The van der Waals surface area contributed by atoms with Crippen LogP contribution in [0.1, 0.15) is 80.6 Å². The van der Waals surface area contributed by atoms with Gasteiger partial charge in [-0.25, -0.2) is 0 Å². The van der Waals surface area contributed by atoms with E-state index in [0.717, 1.165) is 30.3 Å². The monoisotopic (exact) mass is 270 g/mol. The van der Waals surface area contributed by atoms with Crippen LogP contribution in [0.5, 0.6) is 0 Å². The van der Waals surface area contributed by atoms with Crippen LogP contribution in [0.15, 0.2) is 0 Å². The third-order valence-electron chi connectivity index (χ3n) is 4.90. The molecule has 3 rings (SSSR count). The van der Waals surface area contributed by atoms with Gasteiger partial charge in [-0.1, -0.05) is 48.5 Å². The fraction of sp³-hybridized carbons (Fsp3) is 1.00. The summed E-state index contributed by atoms with van der Waals surface area (Å²) in [6, 6.07) is 0. The fourth-order valence-electron chi connectivity index (χ4n) is 4.47. The van der Waals surface area contributed by atoms with Crippen LogP contribution in [0.2, 0.25) is 0 Å². The molecule has 3 fully saturated rings. The van der Waals surface area contributed by atoms with E-state index in [4.69, 9.17) is 4.74 Å². The Bertz CT molecular complexity index is 214. The molecule has 0 spiro atoms. The van der Waals surface area contributed by atoms with Crippen LogP contribution in [-0.4, -0.2) is 12.7 Å². The van der Waals surface area contributed by atoms with Crippen molar-refractivity contribution in [3.8, 4) is 0 Å². The molecule has 5 atom stereocenters. The molecule has 3 saturated carbocycles. The number of hydrogen-bond acceptors (Lipinski definition) is 1. The molecule has 0 aliphatic heterocycles. The molecule has 0 amide bonds. The van der Waals surface area contributed by atoms with Gasteiger partial charge in [0.25, 0.3) is 0 Å². The summed E-state index contributed by atoms with van der Waals surface area (Å²) in [5.74, 6) is 4.19. The zero-order chi connectivity index (χ0) is 13.5. The standard InChI is InChI=1S/C13H22O.2C2H6.CH4/c1-2-6-14-13-8-9-7-12(13)11-5-3-4-10(9)11;2*1-2;/h9-13H,2-8H2,1H3;2*1-2H3;1H4. The summed E-state index contributed by atoms with van der Waals surface area (Å²) in [6.07, 6.45) is 9.28. The first-order valence-corrected chi connectivity index (χ1v) is 8.51. The van der Waals surface area contributed by atoms with Crippen LogP contribution in [0.4, 0.5) is 0 Å². The Hall–Kier alpha value is -0.0400. The fourth-order valence-corrected chi connectivity index (χ4v) is 4.47. The van der Waals surface area contributed by atoms with Gasteiger partial charge < -0.3 is 4.74 Å². The quantitative estimate of drug-likeness (QED) is 0.618. The van der Waals surface area contributed by atoms with Gasteiger partial charge in [-0.2, -0.15) is 0 Å². The van der Waals surface area contributed by atoms with E-state index in [1.165, 1.54) is 38.5 Å². The Morgan fingerprint density at radius 1 is 0.895 bits per heavy atom. The molecule has 0 aromatic heterocycles. The topological polar surface area (TPSA) is 9.23 Å². The summed E-state index contributed by atoms with van der Waals surface area (Å²) in [5.41, 5.74) is 0. The minimum Gasteiger partial charge on any atom is -0.378 e. The molecule has 0 N–H and O–H groups in total. The lowest BCUT2D eigenvalue weighted by molar-refractivity contribution is -0.00985. The number of fused-ring (bicyclic) bond motifs is 5. The van der Waals surface area contributed by atoms with E-state index in [0.29, 0.717) is 6.10 Å². The molecule has 116 valence electrons. The highest BCUT2D eigenvalue weighted by Crippen LogP contribution is 2.59. The smallest absolute Gasteiger partial charge is 0.0608 e. The van der Waals surface area contributed by atoms with Crippen LogP contribution in [0.3, 0.4) is 0 Å². The van der Waals surface area contributed by atoms with Crippen LogP contribution in [0, 0.1) is 23.7 Å². The summed E-state index contributed by atoms with van der Waals surface area (Å²) in [4.78, 5) is 0. The molecule has 0 radical (unpaired) electrons. The van der Waals surface area contributed by atoms with Gasteiger partial charge in [-0.15, -0.1) is 0 Å². The number of hydrogen-bond donors (Lipinski definition) is 0. The highest BCUT2D eigenvalue weighted by Gasteiger charge is 2.54. The molecule has 2 bridgehead atoms. The average molecular weight is 271 g/mol. The molecule has 1 heteroatoms. The maximum Gasteiger partial charge on any atom is 0.0608 e. The molecular weight excluding hydrogens is 232 g/mol. The van der Waals surface area contributed by atoms with Crippen molar-refractivity contribution < 1.29 is 4.74 Å². The predicted molar refractivity (Wildman–Crippen MR) is 86.5 cm³/mol. The predicted octanol–water partition coefficient (Wildman–Crippen LogP) is 5.93. The first kappa shape index (κ1) is 19.0. The van der Waals surface area contributed by atoms with Gasteiger partial charge in [0.2, 0.25) is 0 Å². The molecule has 0 aromatic carbocycles. The van der Waals surface area contributed by atoms with Crippen molar-refractivity contribution in [2.45, 2.75) is 86.7 Å². The molecule has 0 heterocycles. The van der Waals surface area contributed by atoms with Gasteiger partial charge in [-0.05, 0) is 55.8 Å². The lowest BCUT2D eigenvalue weighted by Gasteiger charge is -2.31. The second-order valence-corrected chi connectivity index (χ2v) is 5.56. The Morgan fingerprint density at radius 2 is 1.53 bits per heavy atom. The van der Waals surface area contributed by atoms with Gasteiger partial charge in [0.05, 0.1) is 6.10 Å². The molecule has 1 nitrogen and oxygen atoms in total. The maximum absolute atomic E-state index is 5.99. The summed E-state index contributed by atoms with van der Waals surface area (Å²) in [6.45, 7) is 11.2. The van der Waals surface area contributed by atoms with E-state index in [9.17, 15) is 0 Å². The summed E-state index contributed by atoms with van der Waals surface area (Å²) in [7, 11) is 0. The molecule has 0 aromatic rings. The van der Waals surface area contributed by atoms with Crippen LogP contribution in [-0.2, 0) is 4.74 Å². The Kier molecular flexibility index (Phi) is 9.78. The largest absolute Gasteiger partial charge is 0.378 e. The third-order valence-corrected chi connectivity index (χ3v) is 4.90. The summed E-state index contributed by atoms with van der Waals surface area (Å²) in [5, 5.41) is 0. The Balaban J connectivity index is 0.000000597. The first-order valence-electron chi connectivity index (χ1n) is 8.51. The first-order chi connectivity index (χ1) is 8.90. The van der Waals surface area contributed by atoms with E-state index < -0.39 is 0 Å². The second kappa shape index (κ2) is 9.80. The highest BCUT2D eigenvalue weighted by molar-refractivity contribution is 5.03. The van der Waals surface area contributed by atoms with E-state index in [2.05, 4.69) is 6.92 Å². The Morgan fingerprint density at radius 3 is 2.16 bits per heavy atom.